The largest absolute Gasteiger partial charge is 0.497 e. The molecule has 1 atom stereocenters. The third-order valence-corrected chi connectivity index (χ3v) is 8.10. The Morgan fingerprint density at radius 3 is 2.14 bits per heavy atom. The van der Waals surface area contributed by atoms with E-state index in [2.05, 4.69) is 24.1 Å². The number of rotatable bonds is 8. The number of aromatic nitrogens is 1. The minimum atomic E-state index is -0.841. The van der Waals surface area contributed by atoms with Crippen LogP contribution in [0.15, 0.2) is 48.5 Å². The fourth-order valence-corrected chi connectivity index (χ4v) is 5.83. The molecule has 2 aromatic carbocycles. The van der Waals surface area contributed by atoms with Gasteiger partial charge in [-0.05, 0) is 68.0 Å². The van der Waals surface area contributed by atoms with Crippen LogP contribution >= 0.6 is 11.3 Å². The molecule has 7 heteroatoms. The summed E-state index contributed by atoms with van der Waals surface area (Å²) in [7, 11) is 1.61. The van der Waals surface area contributed by atoms with Crippen molar-refractivity contribution in [2.75, 3.05) is 12.0 Å². The van der Waals surface area contributed by atoms with E-state index < -0.39 is 6.04 Å². The topological polar surface area (TPSA) is 71.5 Å². The van der Waals surface area contributed by atoms with Crippen LogP contribution in [0.2, 0.25) is 0 Å². The van der Waals surface area contributed by atoms with Crippen molar-refractivity contribution in [2.24, 2.45) is 0 Å². The molecule has 6 nitrogen and oxygen atoms in total. The standard InChI is InChI=1S/C30H37N3O3S/c1-19(2)22-11-15-25(16-12-22)33(30(35)28-20(3)31-21(4)37-28)27(23-13-17-26(36-5)18-14-23)29(34)32-24-9-7-6-8-10-24/h11-19,24,27H,6-10H2,1-5H3,(H,32,34)/t27-/m0/s1. The van der Waals surface area contributed by atoms with Gasteiger partial charge in [0.25, 0.3) is 5.91 Å². The second-order valence-corrected chi connectivity index (χ2v) is 11.3. The number of methoxy groups -OCH3 is 1. The Hall–Kier alpha value is -3.19. The van der Waals surface area contributed by atoms with Gasteiger partial charge in [-0.15, -0.1) is 11.3 Å². The van der Waals surface area contributed by atoms with Crippen molar-refractivity contribution in [3.63, 3.8) is 0 Å². The molecule has 2 amide bonds. The molecule has 1 heterocycles. The monoisotopic (exact) mass is 519 g/mol. The zero-order valence-electron chi connectivity index (χ0n) is 22.4. The van der Waals surface area contributed by atoms with E-state index in [1.165, 1.54) is 23.3 Å². The predicted octanol–water partition coefficient (Wildman–Crippen LogP) is 6.73. The molecule has 1 N–H and O–H groups in total. The van der Waals surface area contributed by atoms with E-state index in [4.69, 9.17) is 4.74 Å². The van der Waals surface area contributed by atoms with E-state index in [0.29, 0.717) is 27.9 Å². The molecule has 196 valence electrons. The first-order valence-corrected chi connectivity index (χ1v) is 13.9. The van der Waals surface area contributed by atoms with Crippen molar-refractivity contribution < 1.29 is 14.3 Å². The van der Waals surface area contributed by atoms with Gasteiger partial charge in [0.15, 0.2) is 0 Å². The Bertz CT molecular complexity index is 1210. The average Bonchev–Trinajstić information content (AvgIpc) is 3.25. The summed E-state index contributed by atoms with van der Waals surface area (Å²) in [5.74, 6) is 0.664. The Morgan fingerprint density at radius 2 is 1.59 bits per heavy atom. The van der Waals surface area contributed by atoms with Gasteiger partial charge >= 0.3 is 0 Å². The number of benzene rings is 2. The van der Waals surface area contributed by atoms with Crippen molar-refractivity contribution in [1.82, 2.24) is 10.3 Å². The van der Waals surface area contributed by atoms with Gasteiger partial charge in [-0.1, -0.05) is 57.4 Å². The maximum Gasteiger partial charge on any atom is 0.271 e. The third kappa shape index (κ3) is 6.21. The van der Waals surface area contributed by atoms with Gasteiger partial charge in [0.1, 0.15) is 16.7 Å². The lowest BCUT2D eigenvalue weighted by molar-refractivity contribution is -0.123. The minimum Gasteiger partial charge on any atom is -0.497 e. The number of anilines is 1. The number of carbonyl (C=O) groups is 2. The summed E-state index contributed by atoms with van der Waals surface area (Å²) < 4.78 is 5.36. The molecule has 1 fully saturated rings. The first-order chi connectivity index (χ1) is 17.8. The van der Waals surface area contributed by atoms with Crippen LogP contribution in [0.3, 0.4) is 0 Å². The van der Waals surface area contributed by atoms with Gasteiger partial charge in [0, 0.05) is 11.7 Å². The summed E-state index contributed by atoms with van der Waals surface area (Å²) in [5.41, 5.74) is 3.26. The lowest BCUT2D eigenvalue weighted by Crippen LogP contribution is -2.47. The van der Waals surface area contributed by atoms with E-state index in [1.807, 2.05) is 62.4 Å². The summed E-state index contributed by atoms with van der Waals surface area (Å²) in [4.78, 5) is 34.9. The molecule has 0 radical (unpaired) electrons. The van der Waals surface area contributed by atoms with Gasteiger partial charge < -0.3 is 10.1 Å². The van der Waals surface area contributed by atoms with Gasteiger partial charge in [-0.25, -0.2) is 4.98 Å². The third-order valence-electron chi connectivity index (χ3n) is 7.04. The molecule has 1 aliphatic rings. The van der Waals surface area contributed by atoms with Crippen LogP contribution < -0.4 is 15.0 Å². The Labute approximate surface area is 224 Å². The zero-order chi connectivity index (χ0) is 26.5. The fourth-order valence-electron chi connectivity index (χ4n) is 4.97. The number of aryl methyl sites for hydroxylation is 2. The molecule has 0 saturated heterocycles. The van der Waals surface area contributed by atoms with Gasteiger partial charge in [-0.3, -0.25) is 14.5 Å². The van der Waals surface area contributed by atoms with Crippen LogP contribution in [0.25, 0.3) is 0 Å². The summed E-state index contributed by atoms with van der Waals surface area (Å²) in [6.45, 7) is 8.02. The lowest BCUT2D eigenvalue weighted by atomic mass is 9.94. The maximum absolute atomic E-state index is 14.2. The SMILES string of the molecule is COc1ccc([C@@H](C(=O)NC2CCCCC2)N(C(=O)c2sc(C)nc2C)c2ccc(C(C)C)cc2)cc1. The van der Waals surface area contributed by atoms with E-state index in [1.54, 1.807) is 12.0 Å². The maximum atomic E-state index is 14.2. The van der Waals surface area contributed by atoms with Crippen LogP contribution in [0.4, 0.5) is 5.69 Å². The van der Waals surface area contributed by atoms with E-state index in [0.717, 1.165) is 36.3 Å². The summed E-state index contributed by atoms with van der Waals surface area (Å²) in [6.07, 6.45) is 5.34. The number of hydrogen-bond donors (Lipinski definition) is 1. The van der Waals surface area contributed by atoms with Crippen molar-refractivity contribution >= 4 is 28.8 Å². The van der Waals surface area contributed by atoms with E-state index in [9.17, 15) is 9.59 Å². The molecule has 0 aliphatic heterocycles. The van der Waals surface area contributed by atoms with Crippen molar-refractivity contribution in [1.29, 1.82) is 0 Å². The number of nitrogens with one attached hydrogen (secondary N) is 1. The quantitative estimate of drug-likeness (QED) is 0.358. The number of amides is 2. The number of ether oxygens (including phenoxy) is 1. The summed E-state index contributed by atoms with van der Waals surface area (Å²) in [5, 5.41) is 4.10. The average molecular weight is 520 g/mol. The predicted molar refractivity (Wildman–Crippen MR) is 150 cm³/mol. The highest BCUT2D eigenvalue weighted by atomic mass is 32.1. The van der Waals surface area contributed by atoms with Crippen LogP contribution in [-0.4, -0.2) is 29.9 Å². The molecule has 0 spiro atoms. The Balaban J connectivity index is 1.82. The normalized spacial score (nSPS) is 14.9. The first-order valence-electron chi connectivity index (χ1n) is 13.1. The van der Waals surface area contributed by atoms with Gasteiger partial charge in [0.2, 0.25) is 5.91 Å². The van der Waals surface area contributed by atoms with Crippen LogP contribution in [-0.2, 0) is 4.79 Å². The van der Waals surface area contributed by atoms with E-state index in [-0.39, 0.29) is 17.9 Å². The second kappa shape index (κ2) is 11.9. The van der Waals surface area contributed by atoms with E-state index >= 15 is 0 Å². The molecule has 37 heavy (non-hydrogen) atoms. The molecule has 1 aliphatic carbocycles. The lowest BCUT2D eigenvalue weighted by Gasteiger charge is -2.33. The van der Waals surface area contributed by atoms with Gasteiger partial charge in [-0.2, -0.15) is 0 Å². The molecule has 0 unspecified atom stereocenters. The van der Waals surface area contributed by atoms with Crippen molar-refractivity contribution in [3.05, 3.63) is 75.2 Å². The molecule has 4 rings (SSSR count). The number of hydrogen-bond acceptors (Lipinski definition) is 5. The molecule has 1 saturated carbocycles. The Morgan fingerprint density at radius 1 is 0.973 bits per heavy atom. The molecule has 1 aromatic heterocycles. The fraction of sp³-hybridized carbons (Fsp3) is 0.433. The summed E-state index contributed by atoms with van der Waals surface area (Å²) in [6, 6.07) is 14.7. The van der Waals surface area contributed by atoms with Gasteiger partial charge in [0.05, 0.1) is 17.8 Å². The first kappa shape index (κ1) is 26.9. The summed E-state index contributed by atoms with van der Waals surface area (Å²) >= 11 is 1.37. The van der Waals surface area contributed by atoms with Crippen LogP contribution in [0, 0.1) is 13.8 Å². The number of nitrogens with zero attached hydrogens (tertiary/aromatic N) is 2. The second-order valence-electron chi connectivity index (χ2n) is 10.1. The highest BCUT2D eigenvalue weighted by Crippen LogP contribution is 2.34. The minimum absolute atomic E-state index is 0.120. The zero-order valence-corrected chi connectivity index (χ0v) is 23.2. The molecular weight excluding hydrogens is 482 g/mol. The Kier molecular flexibility index (Phi) is 8.64. The van der Waals surface area contributed by atoms with Crippen LogP contribution in [0.5, 0.6) is 5.75 Å². The van der Waals surface area contributed by atoms with Crippen LogP contribution in [0.1, 0.15) is 89.4 Å². The molecule has 0 bridgehead atoms. The van der Waals surface area contributed by atoms with Crippen molar-refractivity contribution in [2.45, 2.75) is 77.8 Å². The number of carbonyl (C=O) groups excluding carboxylic acids is 2. The molecular formula is C30H37N3O3S. The highest BCUT2D eigenvalue weighted by molar-refractivity contribution is 7.13. The molecule has 3 aromatic rings. The number of thiazole rings is 1. The smallest absolute Gasteiger partial charge is 0.271 e. The van der Waals surface area contributed by atoms with Crippen molar-refractivity contribution in [3.8, 4) is 5.75 Å². The highest BCUT2D eigenvalue weighted by Gasteiger charge is 2.36.